The van der Waals surface area contributed by atoms with Gasteiger partial charge in [-0.2, -0.15) is 0 Å². The number of hydrogen-bond donors (Lipinski definition) is 2. The van der Waals surface area contributed by atoms with Crippen LogP contribution in [-0.2, 0) is 0 Å². The second-order valence-corrected chi connectivity index (χ2v) is 6.27. The predicted molar refractivity (Wildman–Crippen MR) is 102 cm³/mol. The van der Waals surface area contributed by atoms with Crippen LogP contribution in [0.5, 0.6) is 0 Å². The van der Waals surface area contributed by atoms with Crippen LogP contribution in [0.25, 0.3) is 10.8 Å². The molecule has 2 N–H and O–H groups in total. The maximum Gasteiger partial charge on any atom is 0.251 e. The number of carbonyl (C=O) groups is 1. The molecule has 1 atom stereocenters. The van der Waals surface area contributed by atoms with Crippen LogP contribution in [0.2, 0.25) is 0 Å². The number of rotatable bonds is 5. The molecule has 0 radical (unpaired) electrons. The van der Waals surface area contributed by atoms with E-state index >= 15 is 0 Å². The molecule has 4 nitrogen and oxygen atoms in total. The van der Waals surface area contributed by atoms with Crippen LogP contribution in [0.3, 0.4) is 0 Å². The van der Waals surface area contributed by atoms with Gasteiger partial charge in [0.25, 0.3) is 5.91 Å². The van der Waals surface area contributed by atoms with Gasteiger partial charge in [0.05, 0.1) is 6.10 Å². The molecule has 0 aliphatic rings. The van der Waals surface area contributed by atoms with Crippen molar-refractivity contribution in [3.63, 3.8) is 0 Å². The van der Waals surface area contributed by atoms with Crippen molar-refractivity contribution in [2.24, 2.45) is 0 Å². The van der Waals surface area contributed by atoms with E-state index in [0.717, 1.165) is 22.0 Å². The summed E-state index contributed by atoms with van der Waals surface area (Å²) in [4.78, 5) is 14.2. The molecule has 3 aromatic rings. The molecule has 0 saturated heterocycles. The van der Waals surface area contributed by atoms with E-state index in [1.54, 1.807) is 12.1 Å². The largest absolute Gasteiger partial charge is 0.387 e. The van der Waals surface area contributed by atoms with Gasteiger partial charge in [0.15, 0.2) is 0 Å². The summed E-state index contributed by atoms with van der Waals surface area (Å²) in [6, 6.07) is 21.2. The number of anilines is 1. The Labute approximate surface area is 147 Å². The van der Waals surface area contributed by atoms with E-state index < -0.39 is 6.10 Å². The third-order valence-electron chi connectivity index (χ3n) is 4.26. The lowest BCUT2D eigenvalue weighted by Gasteiger charge is -2.14. The number of amides is 1. The molecule has 0 aliphatic carbocycles. The monoisotopic (exact) mass is 334 g/mol. The van der Waals surface area contributed by atoms with Gasteiger partial charge in [-0.15, -0.1) is 0 Å². The van der Waals surface area contributed by atoms with E-state index in [9.17, 15) is 9.90 Å². The van der Waals surface area contributed by atoms with Crippen molar-refractivity contribution in [2.45, 2.75) is 6.10 Å². The van der Waals surface area contributed by atoms with E-state index in [-0.39, 0.29) is 12.5 Å². The van der Waals surface area contributed by atoms with Gasteiger partial charge < -0.3 is 15.3 Å². The highest BCUT2D eigenvalue weighted by molar-refractivity contribution is 5.94. The highest BCUT2D eigenvalue weighted by Gasteiger charge is 2.11. The Bertz CT molecular complexity index is 872. The van der Waals surface area contributed by atoms with E-state index in [1.165, 1.54) is 0 Å². The summed E-state index contributed by atoms with van der Waals surface area (Å²) in [5.41, 5.74) is 2.41. The molecular formula is C21H22N2O2. The number of aliphatic hydroxyl groups is 1. The molecule has 0 saturated carbocycles. The fourth-order valence-electron chi connectivity index (χ4n) is 2.74. The highest BCUT2D eigenvalue weighted by Crippen LogP contribution is 2.20. The highest BCUT2D eigenvalue weighted by atomic mass is 16.3. The van der Waals surface area contributed by atoms with Crippen molar-refractivity contribution in [2.75, 3.05) is 25.5 Å². The molecule has 1 amide bonds. The number of carbonyl (C=O) groups excluding carboxylic acids is 1. The maximum atomic E-state index is 12.2. The minimum Gasteiger partial charge on any atom is -0.387 e. The summed E-state index contributed by atoms with van der Waals surface area (Å²) in [7, 11) is 3.91. The predicted octanol–water partition coefficient (Wildman–Crippen LogP) is 3.37. The molecule has 3 rings (SSSR count). The summed E-state index contributed by atoms with van der Waals surface area (Å²) in [5, 5.41) is 15.4. The van der Waals surface area contributed by atoms with E-state index in [4.69, 9.17) is 0 Å². The van der Waals surface area contributed by atoms with Crippen molar-refractivity contribution in [3.05, 3.63) is 77.9 Å². The molecule has 0 aromatic heterocycles. The number of nitrogens with zero attached hydrogens (tertiary/aromatic N) is 1. The van der Waals surface area contributed by atoms with Crippen LogP contribution in [-0.4, -0.2) is 31.7 Å². The van der Waals surface area contributed by atoms with Crippen molar-refractivity contribution in [1.82, 2.24) is 5.32 Å². The third-order valence-corrected chi connectivity index (χ3v) is 4.26. The van der Waals surface area contributed by atoms with Crippen LogP contribution in [0.15, 0.2) is 66.7 Å². The molecule has 0 spiro atoms. The lowest BCUT2D eigenvalue weighted by Crippen LogP contribution is -2.28. The van der Waals surface area contributed by atoms with Gasteiger partial charge in [0, 0.05) is 31.9 Å². The molecule has 0 fully saturated rings. The van der Waals surface area contributed by atoms with Crippen molar-refractivity contribution >= 4 is 22.4 Å². The van der Waals surface area contributed by atoms with Gasteiger partial charge in [-0.05, 0) is 46.7 Å². The minimum absolute atomic E-state index is 0.173. The molecule has 25 heavy (non-hydrogen) atoms. The Morgan fingerprint density at radius 3 is 2.36 bits per heavy atom. The van der Waals surface area contributed by atoms with Crippen LogP contribution in [0.4, 0.5) is 5.69 Å². The SMILES string of the molecule is CN(C)c1ccc(C(=O)NCC(O)c2ccc3ccccc3c2)cc1. The van der Waals surface area contributed by atoms with Crippen LogP contribution >= 0.6 is 0 Å². The fraction of sp³-hybridized carbons (Fsp3) is 0.190. The van der Waals surface area contributed by atoms with Gasteiger partial charge >= 0.3 is 0 Å². The van der Waals surface area contributed by atoms with E-state index in [1.807, 2.05) is 73.6 Å². The maximum absolute atomic E-state index is 12.2. The first-order valence-electron chi connectivity index (χ1n) is 8.27. The Kier molecular flexibility index (Phi) is 5.00. The number of fused-ring (bicyclic) bond motifs is 1. The normalized spacial score (nSPS) is 12.0. The van der Waals surface area contributed by atoms with E-state index in [0.29, 0.717) is 5.56 Å². The molecular weight excluding hydrogens is 312 g/mol. The summed E-state index contributed by atoms with van der Waals surface area (Å²) in [6.07, 6.45) is -0.741. The summed E-state index contributed by atoms with van der Waals surface area (Å²) in [6.45, 7) is 0.173. The first-order chi connectivity index (χ1) is 12.0. The molecule has 0 heterocycles. The smallest absolute Gasteiger partial charge is 0.251 e. The van der Waals surface area contributed by atoms with E-state index in [2.05, 4.69) is 5.32 Å². The molecule has 128 valence electrons. The summed E-state index contributed by atoms with van der Waals surface area (Å²) in [5.74, 6) is -0.190. The summed E-state index contributed by atoms with van der Waals surface area (Å²) >= 11 is 0. The first kappa shape index (κ1) is 17.0. The zero-order chi connectivity index (χ0) is 17.8. The number of aliphatic hydroxyl groups excluding tert-OH is 1. The second kappa shape index (κ2) is 7.36. The fourth-order valence-corrected chi connectivity index (χ4v) is 2.74. The van der Waals surface area contributed by atoms with Gasteiger partial charge in [-0.25, -0.2) is 0 Å². The number of benzene rings is 3. The zero-order valence-corrected chi connectivity index (χ0v) is 14.4. The molecule has 4 heteroatoms. The average Bonchev–Trinajstić information content (AvgIpc) is 2.65. The van der Waals surface area contributed by atoms with Gasteiger partial charge in [-0.1, -0.05) is 36.4 Å². The third kappa shape index (κ3) is 3.98. The molecule has 3 aromatic carbocycles. The van der Waals surface area contributed by atoms with Crippen LogP contribution in [0.1, 0.15) is 22.0 Å². The quantitative estimate of drug-likeness (QED) is 0.752. The Balaban J connectivity index is 1.64. The summed E-state index contributed by atoms with van der Waals surface area (Å²) < 4.78 is 0. The zero-order valence-electron chi connectivity index (χ0n) is 14.4. The van der Waals surface area contributed by atoms with Gasteiger partial charge in [0.1, 0.15) is 0 Å². The molecule has 0 bridgehead atoms. The Morgan fingerprint density at radius 1 is 1.00 bits per heavy atom. The van der Waals surface area contributed by atoms with Crippen molar-refractivity contribution < 1.29 is 9.90 Å². The standard InChI is InChI=1S/C21H22N2O2/c1-23(2)19-11-9-16(10-12-19)21(25)22-14-20(24)18-8-7-15-5-3-4-6-17(15)13-18/h3-13,20,24H,14H2,1-2H3,(H,22,25). The van der Waals surface area contributed by atoms with Crippen molar-refractivity contribution in [1.29, 1.82) is 0 Å². The van der Waals surface area contributed by atoms with Crippen LogP contribution < -0.4 is 10.2 Å². The number of hydrogen-bond acceptors (Lipinski definition) is 3. The lowest BCUT2D eigenvalue weighted by atomic mass is 10.0. The Morgan fingerprint density at radius 2 is 1.68 bits per heavy atom. The number of nitrogens with one attached hydrogen (secondary N) is 1. The molecule has 0 aliphatic heterocycles. The second-order valence-electron chi connectivity index (χ2n) is 6.27. The Hall–Kier alpha value is -2.85. The first-order valence-corrected chi connectivity index (χ1v) is 8.27. The van der Waals surface area contributed by atoms with Crippen molar-refractivity contribution in [3.8, 4) is 0 Å². The van der Waals surface area contributed by atoms with Gasteiger partial charge in [-0.3, -0.25) is 4.79 Å². The lowest BCUT2D eigenvalue weighted by molar-refractivity contribution is 0.0916. The topological polar surface area (TPSA) is 52.6 Å². The van der Waals surface area contributed by atoms with Gasteiger partial charge in [0.2, 0.25) is 0 Å². The minimum atomic E-state index is -0.741. The molecule has 1 unspecified atom stereocenters. The average molecular weight is 334 g/mol. The van der Waals surface area contributed by atoms with Crippen LogP contribution in [0, 0.1) is 0 Å².